The number of pyridine rings is 2. The second-order valence-corrected chi connectivity index (χ2v) is 5.17. The monoisotopic (exact) mass is 305 g/mol. The Morgan fingerprint density at radius 3 is 2.78 bits per heavy atom. The van der Waals surface area contributed by atoms with Crippen LogP contribution in [0, 0.1) is 5.82 Å². The van der Waals surface area contributed by atoms with E-state index in [1.165, 1.54) is 12.3 Å². The standard InChI is InChI=1S/C17H12FN5/c18-15-7-12(8-20-11-15)6-14-10-22-23-16(3-5-21-17(14)23)13-2-1-4-19-9-13/h1-5,7-11H,6H2. The Kier molecular flexibility index (Phi) is 3.27. The number of aromatic nitrogens is 5. The first-order valence-electron chi connectivity index (χ1n) is 7.13. The van der Waals surface area contributed by atoms with Crippen LogP contribution in [0.15, 0.2) is 61.4 Å². The summed E-state index contributed by atoms with van der Waals surface area (Å²) >= 11 is 0. The second kappa shape index (κ2) is 5.57. The summed E-state index contributed by atoms with van der Waals surface area (Å²) in [4.78, 5) is 12.4. The molecule has 4 heterocycles. The van der Waals surface area contributed by atoms with E-state index in [9.17, 15) is 4.39 Å². The molecule has 0 N–H and O–H groups in total. The van der Waals surface area contributed by atoms with E-state index in [-0.39, 0.29) is 5.82 Å². The van der Waals surface area contributed by atoms with Crippen molar-refractivity contribution < 1.29 is 4.39 Å². The molecule has 4 aromatic rings. The van der Waals surface area contributed by atoms with Crippen LogP contribution in [0.2, 0.25) is 0 Å². The summed E-state index contributed by atoms with van der Waals surface area (Å²) in [5.74, 6) is -0.344. The summed E-state index contributed by atoms with van der Waals surface area (Å²) in [6.45, 7) is 0. The molecule has 0 atom stereocenters. The molecule has 0 bridgehead atoms. The average molecular weight is 305 g/mol. The SMILES string of the molecule is Fc1cncc(Cc2cnn3c(-c4cccnc4)ccnc23)c1. The maximum atomic E-state index is 13.3. The highest BCUT2D eigenvalue weighted by Crippen LogP contribution is 2.21. The van der Waals surface area contributed by atoms with Gasteiger partial charge in [-0.05, 0) is 29.8 Å². The highest BCUT2D eigenvalue weighted by atomic mass is 19.1. The second-order valence-electron chi connectivity index (χ2n) is 5.17. The molecular weight excluding hydrogens is 293 g/mol. The molecule has 0 aliphatic heterocycles. The number of fused-ring (bicyclic) bond motifs is 1. The Balaban J connectivity index is 1.79. The van der Waals surface area contributed by atoms with Crippen LogP contribution in [0.3, 0.4) is 0 Å². The van der Waals surface area contributed by atoms with Gasteiger partial charge in [0.05, 0.1) is 18.1 Å². The van der Waals surface area contributed by atoms with Gasteiger partial charge < -0.3 is 0 Å². The topological polar surface area (TPSA) is 56.0 Å². The van der Waals surface area contributed by atoms with E-state index in [4.69, 9.17) is 0 Å². The third-order valence-electron chi connectivity index (χ3n) is 3.59. The lowest BCUT2D eigenvalue weighted by Crippen LogP contribution is -1.97. The van der Waals surface area contributed by atoms with Crippen molar-refractivity contribution in [3.63, 3.8) is 0 Å². The fourth-order valence-corrected chi connectivity index (χ4v) is 2.57. The number of halogens is 1. The van der Waals surface area contributed by atoms with Gasteiger partial charge in [0, 0.05) is 42.3 Å². The molecule has 0 spiro atoms. The van der Waals surface area contributed by atoms with Crippen molar-refractivity contribution >= 4 is 5.65 Å². The molecule has 0 amide bonds. The normalized spacial score (nSPS) is 11.0. The van der Waals surface area contributed by atoms with Crippen LogP contribution in [0.25, 0.3) is 16.9 Å². The highest BCUT2D eigenvalue weighted by Gasteiger charge is 2.11. The summed E-state index contributed by atoms with van der Waals surface area (Å²) in [7, 11) is 0. The van der Waals surface area contributed by atoms with E-state index >= 15 is 0 Å². The fourth-order valence-electron chi connectivity index (χ4n) is 2.57. The molecule has 0 aliphatic carbocycles. The molecule has 4 aromatic heterocycles. The van der Waals surface area contributed by atoms with E-state index < -0.39 is 0 Å². The van der Waals surface area contributed by atoms with E-state index in [1.54, 1.807) is 35.5 Å². The van der Waals surface area contributed by atoms with Gasteiger partial charge in [-0.2, -0.15) is 5.10 Å². The fraction of sp³-hybridized carbons (Fsp3) is 0.0588. The molecule has 112 valence electrons. The van der Waals surface area contributed by atoms with Crippen LogP contribution in [-0.2, 0) is 6.42 Å². The van der Waals surface area contributed by atoms with Gasteiger partial charge in [-0.3, -0.25) is 9.97 Å². The Morgan fingerprint density at radius 1 is 1.00 bits per heavy atom. The molecule has 6 heteroatoms. The Hall–Kier alpha value is -3.15. The maximum absolute atomic E-state index is 13.3. The van der Waals surface area contributed by atoms with Crippen molar-refractivity contribution in [2.24, 2.45) is 0 Å². The van der Waals surface area contributed by atoms with Gasteiger partial charge in [0.15, 0.2) is 5.65 Å². The van der Waals surface area contributed by atoms with Crippen molar-refractivity contribution in [2.45, 2.75) is 6.42 Å². The van der Waals surface area contributed by atoms with Gasteiger partial charge in [0.1, 0.15) is 5.82 Å². The van der Waals surface area contributed by atoms with Gasteiger partial charge in [-0.15, -0.1) is 0 Å². The molecule has 0 fully saturated rings. The summed E-state index contributed by atoms with van der Waals surface area (Å²) in [6.07, 6.45) is 10.4. The zero-order chi connectivity index (χ0) is 15.6. The molecule has 23 heavy (non-hydrogen) atoms. The minimum absolute atomic E-state index is 0.344. The third-order valence-corrected chi connectivity index (χ3v) is 3.59. The van der Waals surface area contributed by atoms with Crippen LogP contribution in [-0.4, -0.2) is 24.6 Å². The highest BCUT2D eigenvalue weighted by molar-refractivity contribution is 5.63. The minimum Gasteiger partial charge on any atom is -0.264 e. The summed E-state index contributed by atoms with van der Waals surface area (Å²) in [5, 5.41) is 4.43. The molecule has 0 aliphatic rings. The predicted octanol–water partition coefficient (Wildman–Crippen LogP) is 2.92. The number of rotatable bonds is 3. The average Bonchev–Trinajstić information content (AvgIpc) is 2.99. The Bertz CT molecular complexity index is 965. The molecule has 0 saturated heterocycles. The zero-order valence-electron chi connectivity index (χ0n) is 12.1. The largest absolute Gasteiger partial charge is 0.264 e. The lowest BCUT2D eigenvalue weighted by atomic mass is 10.1. The first-order chi connectivity index (χ1) is 11.3. The Morgan fingerprint density at radius 2 is 1.96 bits per heavy atom. The van der Waals surface area contributed by atoms with Crippen molar-refractivity contribution in [3.8, 4) is 11.3 Å². The number of nitrogens with zero attached hydrogens (tertiary/aromatic N) is 5. The maximum Gasteiger partial charge on any atom is 0.159 e. The minimum atomic E-state index is -0.344. The van der Waals surface area contributed by atoms with Crippen LogP contribution in [0.1, 0.15) is 11.1 Å². The summed E-state index contributed by atoms with van der Waals surface area (Å²) in [6, 6.07) is 7.22. The van der Waals surface area contributed by atoms with E-state index in [2.05, 4.69) is 20.1 Å². The molecule has 0 saturated carbocycles. The Labute approximate surface area is 131 Å². The van der Waals surface area contributed by atoms with Gasteiger partial charge in [-0.1, -0.05) is 0 Å². The van der Waals surface area contributed by atoms with E-state index in [0.29, 0.717) is 6.42 Å². The van der Waals surface area contributed by atoms with Gasteiger partial charge >= 0.3 is 0 Å². The van der Waals surface area contributed by atoms with Crippen molar-refractivity contribution in [1.82, 2.24) is 24.6 Å². The summed E-state index contributed by atoms with van der Waals surface area (Å²) < 4.78 is 15.1. The van der Waals surface area contributed by atoms with Crippen LogP contribution in [0.4, 0.5) is 4.39 Å². The molecule has 0 radical (unpaired) electrons. The van der Waals surface area contributed by atoms with Crippen molar-refractivity contribution in [2.75, 3.05) is 0 Å². The lowest BCUT2D eigenvalue weighted by Gasteiger charge is -2.04. The van der Waals surface area contributed by atoms with Gasteiger partial charge in [-0.25, -0.2) is 13.9 Å². The van der Waals surface area contributed by atoms with Crippen molar-refractivity contribution in [3.05, 3.63) is 78.4 Å². The first-order valence-corrected chi connectivity index (χ1v) is 7.13. The van der Waals surface area contributed by atoms with Crippen molar-refractivity contribution in [1.29, 1.82) is 0 Å². The number of hydrogen-bond acceptors (Lipinski definition) is 4. The third kappa shape index (κ3) is 2.55. The van der Waals surface area contributed by atoms with Gasteiger partial charge in [0.25, 0.3) is 0 Å². The summed E-state index contributed by atoms with van der Waals surface area (Å²) in [5.41, 5.74) is 4.32. The van der Waals surface area contributed by atoms with Crippen LogP contribution >= 0.6 is 0 Å². The molecular formula is C17H12FN5. The zero-order valence-corrected chi connectivity index (χ0v) is 12.1. The first kappa shape index (κ1) is 13.5. The smallest absolute Gasteiger partial charge is 0.159 e. The van der Waals surface area contributed by atoms with E-state index in [1.807, 2.05) is 18.2 Å². The quantitative estimate of drug-likeness (QED) is 0.584. The lowest BCUT2D eigenvalue weighted by molar-refractivity contribution is 0.619. The van der Waals surface area contributed by atoms with E-state index in [0.717, 1.165) is 28.0 Å². The molecule has 4 rings (SSSR count). The van der Waals surface area contributed by atoms with Gasteiger partial charge in [0.2, 0.25) is 0 Å². The number of hydrogen-bond donors (Lipinski definition) is 0. The molecule has 0 unspecified atom stereocenters. The van der Waals surface area contributed by atoms with Crippen LogP contribution in [0.5, 0.6) is 0 Å². The molecule has 0 aromatic carbocycles. The van der Waals surface area contributed by atoms with Crippen LogP contribution < -0.4 is 0 Å². The molecule has 5 nitrogen and oxygen atoms in total. The predicted molar refractivity (Wildman–Crippen MR) is 83.2 cm³/mol.